The van der Waals surface area contributed by atoms with Crippen LogP contribution in [0.1, 0.15) is 18.5 Å². The van der Waals surface area contributed by atoms with Gasteiger partial charge < -0.3 is 11.1 Å². The van der Waals surface area contributed by atoms with Crippen molar-refractivity contribution in [3.8, 4) is 10.6 Å². The first-order valence-electron chi connectivity index (χ1n) is 6.30. The zero-order valence-corrected chi connectivity index (χ0v) is 11.2. The molecule has 0 radical (unpaired) electrons. The number of anilines is 1. The molecule has 1 aromatic heterocycles. The average molecular weight is 273 g/mol. The number of aromatic nitrogens is 1. The molecular formula is C14H15N3OS. The highest BCUT2D eigenvalue weighted by Crippen LogP contribution is 2.25. The Bertz CT molecular complexity index is 604. The Morgan fingerprint density at radius 1 is 1.47 bits per heavy atom. The molecule has 3 rings (SSSR count). The van der Waals surface area contributed by atoms with Crippen molar-refractivity contribution in [1.82, 2.24) is 10.3 Å². The van der Waals surface area contributed by atoms with E-state index in [1.54, 1.807) is 11.3 Å². The van der Waals surface area contributed by atoms with Gasteiger partial charge >= 0.3 is 0 Å². The Hall–Kier alpha value is -1.88. The van der Waals surface area contributed by atoms with Crippen LogP contribution in [-0.4, -0.2) is 16.9 Å². The lowest BCUT2D eigenvalue weighted by Crippen LogP contribution is -2.27. The summed E-state index contributed by atoms with van der Waals surface area (Å²) in [5, 5.41) is 5.81. The van der Waals surface area contributed by atoms with Crippen LogP contribution >= 0.6 is 11.3 Å². The molecule has 0 saturated heterocycles. The zero-order chi connectivity index (χ0) is 13.2. The molecule has 98 valence electrons. The van der Waals surface area contributed by atoms with Crippen molar-refractivity contribution in [3.05, 3.63) is 35.3 Å². The molecule has 1 amide bonds. The maximum Gasteiger partial charge on any atom is 0.226 e. The number of amides is 1. The Morgan fingerprint density at radius 3 is 3.05 bits per heavy atom. The van der Waals surface area contributed by atoms with Crippen molar-refractivity contribution < 1.29 is 4.79 Å². The molecule has 0 atom stereocenters. The highest BCUT2D eigenvalue weighted by Gasteiger charge is 2.23. The topological polar surface area (TPSA) is 68.0 Å². The van der Waals surface area contributed by atoms with Gasteiger partial charge in [0.1, 0.15) is 5.01 Å². The van der Waals surface area contributed by atoms with Crippen molar-refractivity contribution in [3.63, 3.8) is 0 Å². The highest BCUT2D eigenvalue weighted by molar-refractivity contribution is 7.13. The van der Waals surface area contributed by atoms with E-state index in [2.05, 4.69) is 10.3 Å². The van der Waals surface area contributed by atoms with Gasteiger partial charge in [0.05, 0.1) is 12.1 Å². The summed E-state index contributed by atoms with van der Waals surface area (Å²) < 4.78 is 0. The summed E-state index contributed by atoms with van der Waals surface area (Å²) in [5.41, 5.74) is 8.30. The van der Waals surface area contributed by atoms with E-state index in [1.165, 1.54) is 0 Å². The van der Waals surface area contributed by atoms with E-state index in [1.807, 2.05) is 29.6 Å². The number of nitrogens with one attached hydrogen (secondary N) is 1. The van der Waals surface area contributed by atoms with E-state index in [4.69, 9.17) is 5.73 Å². The van der Waals surface area contributed by atoms with Gasteiger partial charge in [-0.05, 0) is 25.0 Å². The average Bonchev–Trinajstić information content (AvgIpc) is 3.05. The number of nitrogens with zero attached hydrogens (tertiary/aromatic N) is 1. The number of hydrogen-bond donors (Lipinski definition) is 2. The summed E-state index contributed by atoms with van der Waals surface area (Å²) in [6.07, 6.45) is 2.57. The number of thiazole rings is 1. The number of hydrogen-bond acceptors (Lipinski definition) is 4. The largest absolute Gasteiger partial charge is 0.399 e. The number of carbonyl (C=O) groups excluding carboxylic acids is 1. The lowest BCUT2D eigenvalue weighted by atomic mass is 10.2. The van der Waals surface area contributed by atoms with Gasteiger partial charge in [0, 0.05) is 22.7 Å². The summed E-state index contributed by atoms with van der Waals surface area (Å²) in [6.45, 7) is 0. The minimum Gasteiger partial charge on any atom is -0.399 e. The molecule has 19 heavy (non-hydrogen) atoms. The second-order valence-corrected chi connectivity index (χ2v) is 5.65. The van der Waals surface area contributed by atoms with Crippen LogP contribution in [0.4, 0.5) is 5.69 Å². The maximum atomic E-state index is 11.7. The van der Waals surface area contributed by atoms with Crippen LogP contribution in [0.2, 0.25) is 0 Å². The number of nitrogens with two attached hydrogens (primary N) is 1. The Balaban J connectivity index is 1.70. The molecular weight excluding hydrogens is 258 g/mol. The summed E-state index contributed by atoms with van der Waals surface area (Å²) >= 11 is 1.54. The molecule has 1 aliphatic carbocycles. The molecule has 2 aromatic rings. The van der Waals surface area contributed by atoms with Crippen molar-refractivity contribution in [2.45, 2.75) is 25.3 Å². The van der Waals surface area contributed by atoms with Crippen LogP contribution in [0.3, 0.4) is 0 Å². The molecule has 1 aromatic carbocycles. The first-order valence-corrected chi connectivity index (χ1v) is 7.18. The summed E-state index contributed by atoms with van der Waals surface area (Å²) in [6, 6.07) is 8.03. The lowest BCUT2D eigenvalue weighted by molar-refractivity contribution is -0.120. The monoisotopic (exact) mass is 273 g/mol. The number of nitrogen functional groups attached to an aromatic ring is 1. The van der Waals surface area contributed by atoms with Gasteiger partial charge in [0.2, 0.25) is 5.91 Å². The first kappa shape index (κ1) is 12.2. The van der Waals surface area contributed by atoms with Gasteiger partial charge in [-0.1, -0.05) is 12.1 Å². The molecule has 1 aliphatic rings. The Labute approximate surface area is 115 Å². The number of benzene rings is 1. The summed E-state index contributed by atoms with van der Waals surface area (Å²) in [7, 11) is 0. The molecule has 0 spiro atoms. The van der Waals surface area contributed by atoms with E-state index in [9.17, 15) is 4.79 Å². The highest BCUT2D eigenvalue weighted by atomic mass is 32.1. The van der Waals surface area contributed by atoms with Crippen LogP contribution in [0, 0.1) is 0 Å². The van der Waals surface area contributed by atoms with Gasteiger partial charge in [-0.25, -0.2) is 4.98 Å². The third-order valence-corrected chi connectivity index (χ3v) is 3.91. The molecule has 0 unspecified atom stereocenters. The van der Waals surface area contributed by atoms with Crippen molar-refractivity contribution in [2.75, 3.05) is 5.73 Å². The smallest absolute Gasteiger partial charge is 0.226 e. The standard InChI is InChI=1S/C14H15N3OS/c15-10-3-1-2-9(6-10)14-17-12(8-19-14)7-13(18)16-11-4-5-11/h1-3,6,8,11H,4-5,7,15H2,(H,16,18). The third kappa shape index (κ3) is 3.12. The minimum absolute atomic E-state index is 0.0620. The van der Waals surface area contributed by atoms with Crippen LogP contribution in [0.15, 0.2) is 29.6 Å². The molecule has 1 heterocycles. The second-order valence-electron chi connectivity index (χ2n) is 4.79. The Kier molecular flexibility index (Phi) is 3.21. The maximum absolute atomic E-state index is 11.7. The molecule has 4 nitrogen and oxygen atoms in total. The molecule has 1 saturated carbocycles. The van der Waals surface area contributed by atoms with Crippen molar-refractivity contribution >= 4 is 22.9 Å². The molecule has 5 heteroatoms. The Morgan fingerprint density at radius 2 is 2.32 bits per heavy atom. The van der Waals surface area contributed by atoms with Gasteiger partial charge in [0.15, 0.2) is 0 Å². The molecule has 1 fully saturated rings. The van der Waals surface area contributed by atoms with E-state index < -0.39 is 0 Å². The third-order valence-electron chi connectivity index (χ3n) is 2.97. The van der Waals surface area contributed by atoms with Crippen LogP contribution < -0.4 is 11.1 Å². The van der Waals surface area contributed by atoms with Crippen molar-refractivity contribution in [1.29, 1.82) is 0 Å². The van der Waals surface area contributed by atoms with E-state index in [0.717, 1.165) is 34.8 Å². The lowest BCUT2D eigenvalue weighted by Gasteiger charge is -2.00. The first-order chi connectivity index (χ1) is 9.20. The molecule has 3 N–H and O–H groups in total. The van der Waals surface area contributed by atoms with Gasteiger partial charge in [-0.3, -0.25) is 4.79 Å². The number of rotatable bonds is 4. The minimum atomic E-state index is 0.0620. The van der Waals surface area contributed by atoms with E-state index in [-0.39, 0.29) is 5.91 Å². The van der Waals surface area contributed by atoms with E-state index >= 15 is 0 Å². The fraction of sp³-hybridized carbons (Fsp3) is 0.286. The molecule has 0 bridgehead atoms. The zero-order valence-electron chi connectivity index (χ0n) is 10.4. The fourth-order valence-electron chi connectivity index (χ4n) is 1.86. The SMILES string of the molecule is Nc1cccc(-c2nc(CC(=O)NC3CC3)cs2)c1. The van der Waals surface area contributed by atoms with Gasteiger partial charge in [0.25, 0.3) is 0 Å². The quantitative estimate of drug-likeness (QED) is 0.839. The van der Waals surface area contributed by atoms with E-state index in [0.29, 0.717) is 12.5 Å². The van der Waals surface area contributed by atoms with Gasteiger partial charge in [-0.15, -0.1) is 11.3 Å². The predicted octanol–water partition coefficient (Wildman–Crippen LogP) is 2.21. The normalized spacial score (nSPS) is 14.3. The predicted molar refractivity (Wildman–Crippen MR) is 76.8 cm³/mol. The van der Waals surface area contributed by atoms with Crippen LogP contribution in [-0.2, 0) is 11.2 Å². The summed E-state index contributed by atoms with van der Waals surface area (Å²) in [4.78, 5) is 16.2. The summed E-state index contributed by atoms with van der Waals surface area (Å²) in [5.74, 6) is 0.0620. The van der Waals surface area contributed by atoms with Crippen LogP contribution in [0.25, 0.3) is 10.6 Å². The van der Waals surface area contributed by atoms with Crippen molar-refractivity contribution in [2.24, 2.45) is 0 Å². The second kappa shape index (κ2) is 5.01. The van der Waals surface area contributed by atoms with Crippen LogP contribution in [0.5, 0.6) is 0 Å². The fourth-order valence-corrected chi connectivity index (χ4v) is 2.68. The van der Waals surface area contributed by atoms with Gasteiger partial charge in [-0.2, -0.15) is 0 Å². The number of carbonyl (C=O) groups is 1. The molecule has 0 aliphatic heterocycles.